The van der Waals surface area contributed by atoms with E-state index in [4.69, 9.17) is 5.73 Å². The van der Waals surface area contributed by atoms with Gasteiger partial charge in [0, 0.05) is 17.1 Å². The molecular formula is C15H18N2. The van der Waals surface area contributed by atoms with Gasteiger partial charge in [0.25, 0.3) is 0 Å². The minimum Gasteiger partial charge on any atom is -0.398 e. The van der Waals surface area contributed by atoms with E-state index in [0.29, 0.717) is 0 Å². The summed E-state index contributed by atoms with van der Waals surface area (Å²) in [6.45, 7) is 6.20. The number of nitrogens with two attached hydrogens (primary N) is 1. The van der Waals surface area contributed by atoms with Crippen LogP contribution in [0, 0.1) is 20.8 Å². The van der Waals surface area contributed by atoms with E-state index < -0.39 is 0 Å². The standard InChI is InChI=1S/C15H18N2/c1-10-4-5-12(3)15(8-10)17-13-7-6-11(2)14(16)9-13/h4-9,17H,16H2,1-3H3. The summed E-state index contributed by atoms with van der Waals surface area (Å²) in [6, 6.07) is 12.4. The molecule has 0 aliphatic carbocycles. The summed E-state index contributed by atoms with van der Waals surface area (Å²) in [5, 5.41) is 3.40. The minimum absolute atomic E-state index is 0.820. The van der Waals surface area contributed by atoms with Gasteiger partial charge in [0.1, 0.15) is 0 Å². The quantitative estimate of drug-likeness (QED) is 0.761. The molecule has 0 atom stereocenters. The fourth-order valence-electron chi connectivity index (χ4n) is 1.74. The minimum atomic E-state index is 0.820. The number of aryl methyl sites for hydroxylation is 3. The van der Waals surface area contributed by atoms with Gasteiger partial charge in [-0.15, -0.1) is 0 Å². The number of hydrogen-bond acceptors (Lipinski definition) is 2. The Hall–Kier alpha value is -1.96. The Bertz CT molecular complexity index is 545. The van der Waals surface area contributed by atoms with Crippen LogP contribution < -0.4 is 11.1 Å². The van der Waals surface area contributed by atoms with E-state index in [1.54, 1.807) is 0 Å². The third-order valence-electron chi connectivity index (χ3n) is 2.95. The van der Waals surface area contributed by atoms with Crippen LogP contribution in [0.25, 0.3) is 0 Å². The second-order valence-electron chi connectivity index (χ2n) is 4.51. The highest BCUT2D eigenvalue weighted by molar-refractivity contribution is 5.67. The van der Waals surface area contributed by atoms with Crippen molar-refractivity contribution in [2.75, 3.05) is 11.1 Å². The van der Waals surface area contributed by atoms with E-state index in [0.717, 1.165) is 22.6 Å². The molecule has 2 rings (SSSR count). The summed E-state index contributed by atoms with van der Waals surface area (Å²) in [5.41, 5.74) is 12.5. The highest BCUT2D eigenvalue weighted by atomic mass is 14.9. The molecule has 0 aliphatic rings. The Morgan fingerprint density at radius 2 is 1.59 bits per heavy atom. The Morgan fingerprint density at radius 1 is 0.882 bits per heavy atom. The van der Waals surface area contributed by atoms with E-state index in [1.165, 1.54) is 11.1 Å². The molecule has 0 amide bonds. The van der Waals surface area contributed by atoms with Crippen molar-refractivity contribution in [3.8, 4) is 0 Å². The van der Waals surface area contributed by atoms with Crippen LogP contribution in [-0.2, 0) is 0 Å². The summed E-state index contributed by atoms with van der Waals surface area (Å²) in [5.74, 6) is 0. The smallest absolute Gasteiger partial charge is 0.0416 e. The molecule has 0 saturated heterocycles. The molecule has 2 aromatic rings. The third-order valence-corrected chi connectivity index (χ3v) is 2.95. The first kappa shape index (κ1) is 11.5. The van der Waals surface area contributed by atoms with Crippen molar-refractivity contribution in [3.05, 3.63) is 53.1 Å². The summed E-state index contributed by atoms with van der Waals surface area (Å²) in [7, 11) is 0. The molecule has 0 spiro atoms. The van der Waals surface area contributed by atoms with Crippen LogP contribution in [0.2, 0.25) is 0 Å². The number of nitrogens with one attached hydrogen (secondary N) is 1. The van der Waals surface area contributed by atoms with E-state index in [-0.39, 0.29) is 0 Å². The number of rotatable bonds is 2. The van der Waals surface area contributed by atoms with Gasteiger partial charge in [-0.25, -0.2) is 0 Å². The van der Waals surface area contributed by atoms with Gasteiger partial charge in [-0.3, -0.25) is 0 Å². The molecule has 0 saturated carbocycles. The highest BCUT2D eigenvalue weighted by Gasteiger charge is 2.01. The average molecular weight is 226 g/mol. The van der Waals surface area contributed by atoms with Crippen LogP contribution in [0.5, 0.6) is 0 Å². The lowest BCUT2D eigenvalue weighted by atomic mass is 10.1. The SMILES string of the molecule is Cc1ccc(C)c(Nc2ccc(C)c(N)c2)c1. The number of hydrogen-bond donors (Lipinski definition) is 2. The number of benzene rings is 2. The molecule has 88 valence electrons. The average Bonchev–Trinajstić information content (AvgIpc) is 2.29. The molecule has 0 heterocycles. The molecule has 17 heavy (non-hydrogen) atoms. The van der Waals surface area contributed by atoms with Crippen molar-refractivity contribution in [2.45, 2.75) is 20.8 Å². The lowest BCUT2D eigenvalue weighted by molar-refractivity contribution is 1.37. The van der Waals surface area contributed by atoms with E-state index in [1.807, 2.05) is 25.1 Å². The van der Waals surface area contributed by atoms with Crippen molar-refractivity contribution in [3.63, 3.8) is 0 Å². The van der Waals surface area contributed by atoms with Gasteiger partial charge < -0.3 is 11.1 Å². The van der Waals surface area contributed by atoms with Crippen LogP contribution in [0.3, 0.4) is 0 Å². The van der Waals surface area contributed by atoms with E-state index in [9.17, 15) is 0 Å². The van der Waals surface area contributed by atoms with Crippen LogP contribution in [0.15, 0.2) is 36.4 Å². The molecule has 2 nitrogen and oxygen atoms in total. The van der Waals surface area contributed by atoms with Gasteiger partial charge in [0.05, 0.1) is 0 Å². The van der Waals surface area contributed by atoms with Crippen LogP contribution in [-0.4, -0.2) is 0 Å². The second kappa shape index (κ2) is 4.50. The zero-order chi connectivity index (χ0) is 12.4. The fraction of sp³-hybridized carbons (Fsp3) is 0.200. The van der Waals surface area contributed by atoms with Crippen molar-refractivity contribution >= 4 is 17.1 Å². The molecule has 2 heteroatoms. The summed E-state index contributed by atoms with van der Waals surface area (Å²) in [4.78, 5) is 0. The van der Waals surface area contributed by atoms with E-state index >= 15 is 0 Å². The second-order valence-corrected chi connectivity index (χ2v) is 4.51. The van der Waals surface area contributed by atoms with Crippen molar-refractivity contribution in [1.29, 1.82) is 0 Å². The monoisotopic (exact) mass is 226 g/mol. The van der Waals surface area contributed by atoms with Gasteiger partial charge in [-0.1, -0.05) is 18.2 Å². The maximum absolute atomic E-state index is 5.90. The Kier molecular flexibility index (Phi) is 3.05. The highest BCUT2D eigenvalue weighted by Crippen LogP contribution is 2.24. The molecule has 3 N–H and O–H groups in total. The molecule has 0 radical (unpaired) electrons. The lowest BCUT2D eigenvalue weighted by Crippen LogP contribution is -1.96. The first-order chi connectivity index (χ1) is 8.06. The van der Waals surface area contributed by atoms with Crippen molar-refractivity contribution < 1.29 is 0 Å². The van der Waals surface area contributed by atoms with Gasteiger partial charge in [0.15, 0.2) is 0 Å². The molecule has 0 unspecified atom stereocenters. The Morgan fingerprint density at radius 3 is 2.29 bits per heavy atom. The van der Waals surface area contributed by atoms with Crippen molar-refractivity contribution in [1.82, 2.24) is 0 Å². The van der Waals surface area contributed by atoms with Gasteiger partial charge in [-0.2, -0.15) is 0 Å². The first-order valence-corrected chi connectivity index (χ1v) is 5.76. The van der Waals surface area contributed by atoms with E-state index in [2.05, 4.69) is 37.4 Å². The third kappa shape index (κ3) is 2.59. The molecule has 0 bridgehead atoms. The summed E-state index contributed by atoms with van der Waals surface area (Å²) in [6.07, 6.45) is 0. The van der Waals surface area contributed by atoms with Crippen molar-refractivity contribution in [2.24, 2.45) is 0 Å². The van der Waals surface area contributed by atoms with Crippen LogP contribution in [0.1, 0.15) is 16.7 Å². The first-order valence-electron chi connectivity index (χ1n) is 5.76. The zero-order valence-electron chi connectivity index (χ0n) is 10.5. The Labute approximate surface area is 102 Å². The maximum Gasteiger partial charge on any atom is 0.0416 e. The van der Waals surface area contributed by atoms with Gasteiger partial charge in [0.2, 0.25) is 0 Å². The largest absolute Gasteiger partial charge is 0.398 e. The molecule has 0 aromatic heterocycles. The predicted octanol–water partition coefficient (Wildman–Crippen LogP) is 3.94. The summed E-state index contributed by atoms with van der Waals surface area (Å²) >= 11 is 0. The number of nitrogen functional groups attached to an aromatic ring is 1. The molecule has 2 aromatic carbocycles. The fourth-order valence-corrected chi connectivity index (χ4v) is 1.74. The molecule has 0 aliphatic heterocycles. The van der Waals surface area contributed by atoms with Gasteiger partial charge in [-0.05, 0) is 55.7 Å². The Balaban J connectivity index is 2.31. The molecular weight excluding hydrogens is 208 g/mol. The van der Waals surface area contributed by atoms with Crippen LogP contribution in [0.4, 0.5) is 17.1 Å². The van der Waals surface area contributed by atoms with Crippen LogP contribution >= 0.6 is 0 Å². The van der Waals surface area contributed by atoms with Gasteiger partial charge >= 0.3 is 0 Å². The predicted molar refractivity (Wildman–Crippen MR) is 74.8 cm³/mol. The normalized spacial score (nSPS) is 10.3. The number of anilines is 3. The lowest BCUT2D eigenvalue weighted by Gasteiger charge is -2.11. The topological polar surface area (TPSA) is 38.0 Å². The zero-order valence-corrected chi connectivity index (χ0v) is 10.5. The molecule has 0 fully saturated rings. The summed E-state index contributed by atoms with van der Waals surface area (Å²) < 4.78 is 0. The maximum atomic E-state index is 5.90.